The lowest BCUT2D eigenvalue weighted by molar-refractivity contribution is -0.230. The van der Waals surface area contributed by atoms with Gasteiger partial charge in [-0.25, -0.2) is 0 Å². The van der Waals surface area contributed by atoms with Crippen LogP contribution in [-0.4, -0.2) is 43.3 Å². The molecule has 0 aliphatic rings. The van der Waals surface area contributed by atoms with Crippen LogP contribution in [-0.2, 0) is 19.0 Å². The van der Waals surface area contributed by atoms with E-state index < -0.39 is 11.8 Å². The highest BCUT2D eigenvalue weighted by molar-refractivity contribution is 5.69. The van der Waals surface area contributed by atoms with Crippen LogP contribution in [0.25, 0.3) is 0 Å². The summed E-state index contributed by atoms with van der Waals surface area (Å²) in [6.45, 7) is 6.98. The maximum Gasteiger partial charge on any atom is 0.308 e. The molecule has 0 saturated carbocycles. The largest absolute Gasteiger partial charge is 0.431 e. The lowest BCUT2D eigenvalue weighted by Gasteiger charge is -2.26. The third-order valence-corrected chi connectivity index (χ3v) is 2.21. The van der Waals surface area contributed by atoms with Gasteiger partial charge in [0.15, 0.2) is 0 Å². The molecule has 5 heteroatoms. The standard InChI is InChI=1S/C12H24O5/c1-4-7-11(13)17-12(14,5-2)10-16-9-8-15-6-3/h14H,4-10H2,1-3H3. The van der Waals surface area contributed by atoms with Gasteiger partial charge in [0.1, 0.15) is 6.61 Å². The Morgan fingerprint density at radius 2 is 1.82 bits per heavy atom. The van der Waals surface area contributed by atoms with Gasteiger partial charge < -0.3 is 19.3 Å². The van der Waals surface area contributed by atoms with Crippen molar-refractivity contribution in [2.24, 2.45) is 0 Å². The number of rotatable bonds is 10. The highest BCUT2D eigenvalue weighted by atomic mass is 16.7. The van der Waals surface area contributed by atoms with Crippen molar-refractivity contribution in [3.8, 4) is 0 Å². The number of ether oxygens (including phenoxy) is 3. The molecule has 0 radical (unpaired) electrons. The van der Waals surface area contributed by atoms with E-state index in [0.29, 0.717) is 39.1 Å². The van der Waals surface area contributed by atoms with Gasteiger partial charge in [0.25, 0.3) is 0 Å². The second kappa shape index (κ2) is 9.39. The molecule has 0 rings (SSSR count). The summed E-state index contributed by atoms with van der Waals surface area (Å²) in [6.07, 6.45) is 1.31. The van der Waals surface area contributed by atoms with E-state index >= 15 is 0 Å². The van der Waals surface area contributed by atoms with E-state index in [0.717, 1.165) is 0 Å². The van der Waals surface area contributed by atoms with Crippen molar-refractivity contribution >= 4 is 5.97 Å². The fraction of sp³-hybridized carbons (Fsp3) is 0.917. The van der Waals surface area contributed by atoms with Crippen molar-refractivity contribution in [2.45, 2.75) is 45.8 Å². The molecule has 1 atom stereocenters. The molecule has 0 aromatic rings. The molecule has 0 aliphatic heterocycles. The number of hydrogen-bond acceptors (Lipinski definition) is 5. The maximum atomic E-state index is 11.3. The van der Waals surface area contributed by atoms with E-state index in [1.807, 2.05) is 13.8 Å². The van der Waals surface area contributed by atoms with Crippen molar-refractivity contribution in [3.63, 3.8) is 0 Å². The first kappa shape index (κ1) is 16.4. The van der Waals surface area contributed by atoms with Gasteiger partial charge in [-0.1, -0.05) is 13.8 Å². The molecule has 0 amide bonds. The molecule has 0 heterocycles. The van der Waals surface area contributed by atoms with E-state index in [9.17, 15) is 9.90 Å². The van der Waals surface area contributed by atoms with Gasteiger partial charge >= 0.3 is 5.97 Å². The van der Waals surface area contributed by atoms with Gasteiger partial charge in [0.2, 0.25) is 5.79 Å². The Balaban J connectivity index is 3.88. The van der Waals surface area contributed by atoms with Crippen LogP contribution < -0.4 is 0 Å². The van der Waals surface area contributed by atoms with Crippen molar-refractivity contribution < 1.29 is 24.1 Å². The maximum absolute atomic E-state index is 11.3. The normalized spacial score (nSPS) is 14.4. The zero-order chi connectivity index (χ0) is 13.1. The Kier molecular flexibility index (Phi) is 9.03. The van der Waals surface area contributed by atoms with Gasteiger partial charge in [-0.2, -0.15) is 0 Å². The average Bonchev–Trinajstić information content (AvgIpc) is 2.29. The van der Waals surface area contributed by atoms with Crippen LogP contribution in [0.2, 0.25) is 0 Å². The Morgan fingerprint density at radius 1 is 1.18 bits per heavy atom. The Hall–Kier alpha value is -0.650. The molecule has 0 aliphatic carbocycles. The Morgan fingerprint density at radius 3 is 2.35 bits per heavy atom. The summed E-state index contributed by atoms with van der Waals surface area (Å²) >= 11 is 0. The molecular formula is C12H24O5. The van der Waals surface area contributed by atoms with Gasteiger partial charge in [-0.15, -0.1) is 0 Å². The quantitative estimate of drug-likeness (QED) is 0.360. The zero-order valence-corrected chi connectivity index (χ0v) is 11.0. The number of hydrogen-bond donors (Lipinski definition) is 1. The number of carbonyl (C=O) groups excluding carboxylic acids is 1. The van der Waals surface area contributed by atoms with Crippen molar-refractivity contribution in [1.29, 1.82) is 0 Å². The predicted octanol–water partition coefficient (Wildman–Crippen LogP) is 1.48. The monoisotopic (exact) mass is 248 g/mol. The van der Waals surface area contributed by atoms with Crippen LogP contribution in [0.4, 0.5) is 0 Å². The molecule has 17 heavy (non-hydrogen) atoms. The topological polar surface area (TPSA) is 65.0 Å². The number of esters is 1. The second-order valence-electron chi connectivity index (χ2n) is 3.77. The molecular weight excluding hydrogens is 224 g/mol. The molecule has 0 spiro atoms. The lowest BCUT2D eigenvalue weighted by atomic mass is 10.2. The van der Waals surface area contributed by atoms with Gasteiger partial charge in [-0.05, 0) is 13.3 Å². The SMILES string of the molecule is CCCC(=O)OC(O)(CC)COCCOCC. The first-order valence-corrected chi connectivity index (χ1v) is 6.17. The molecule has 0 aromatic heterocycles. The fourth-order valence-electron chi connectivity index (χ4n) is 1.16. The van der Waals surface area contributed by atoms with Gasteiger partial charge in [0.05, 0.1) is 13.2 Å². The van der Waals surface area contributed by atoms with Crippen LogP contribution >= 0.6 is 0 Å². The zero-order valence-electron chi connectivity index (χ0n) is 11.0. The first-order valence-electron chi connectivity index (χ1n) is 6.17. The molecule has 1 N–H and O–H groups in total. The van der Waals surface area contributed by atoms with Crippen LogP contribution in [0.5, 0.6) is 0 Å². The Labute approximate surface area is 103 Å². The number of aliphatic hydroxyl groups is 1. The van der Waals surface area contributed by atoms with E-state index in [2.05, 4.69) is 0 Å². The first-order chi connectivity index (χ1) is 8.08. The van der Waals surface area contributed by atoms with E-state index in [-0.39, 0.29) is 6.61 Å². The second-order valence-corrected chi connectivity index (χ2v) is 3.77. The van der Waals surface area contributed by atoms with E-state index in [4.69, 9.17) is 14.2 Å². The Bertz CT molecular complexity index is 207. The molecule has 102 valence electrons. The average molecular weight is 248 g/mol. The van der Waals surface area contributed by atoms with Crippen LogP contribution in [0.3, 0.4) is 0 Å². The summed E-state index contributed by atoms with van der Waals surface area (Å²) in [7, 11) is 0. The molecule has 5 nitrogen and oxygen atoms in total. The smallest absolute Gasteiger partial charge is 0.308 e. The summed E-state index contributed by atoms with van der Waals surface area (Å²) in [4.78, 5) is 11.3. The highest BCUT2D eigenvalue weighted by Gasteiger charge is 2.29. The summed E-state index contributed by atoms with van der Waals surface area (Å²) in [5.74, 6) is -1.91. The van der Waals surface area contributed by atoms with Crippen LogP contribution in [0, 0.1) is 0 Å². The minimum Gasteiger partial charge on any atom is -0.431 e. The molecule has 0 saturated heterocycles. The summed E-state index contributed by atoms with van der Waals surface area (Å²) in [5, 5.41) is 9.96. The van der Waals surface area contributed by atoms with Crippen molar-refractivity contribution in [1.82, 2.24) is 0 Å². The summed E-state index contributed by atoms with van der Waals surface area (Å²) in [6, 6.07) is 0. The minimum absolute atomic E-state index is 0.0218. The fourth-order valence-corrected chi connectivity index (χ4v) is 1.16. The van der Waals surface area contributed by atoms with E-state index in [1.54, 1.807) is 6.92 Å². The lowest BCUT2D eigenvalue weighted by Crippen LogP contribution is -2.39. The predicted molar refractivity (Wildman–Crippen MR) is 63.6 cm³/mol. The van der Waals surface area contributed by atoms with Crippen molar-refractivity contribution in [3.05, 3.63) is 0 Å². The van der Waals surface area contributed by atoms with Crippen LogP contribution in [0.1, 0.15) is 40.0 Å². The van der Waals surface area contributed by atoms with E-state index in [1.165, 1.54) is 0 Å². The van der Waals surface area contributed by atoms with Gasteiger partial charge in [0, 0.05) is 19.4 Å². The number of carbonyl (C=O) groups is 1. The third-order valence-electron chi connectivity index (χ3n) is 2.21. The third kappa shape index (κ3) is 8.12. The molecule has 1 unspecified atom stereocenters. The molecule has 0 fully saturated rings. The highest BCUT2D eigenvalue weighted by Crippen LogP contribution is 2.14. The minimum atomic E-state index is -1.52. The van der Waals surface area contributed by atoms with Gasteiger partial charge in [-0.3, -0.25) is 4.79 Å². The summed E-state index contributed by atoms with van der Waals surface area (Å²) < 4.78 is 15.3. The molecule has 0 aromatic carbocycles. The van der Waals surface area contributed by atoms with Crippen molar-refractivity contribution in [2.75, 3.05) is 26.4 Å². The van der Waals surface area contributed by atoms with Crippen LogP contribution in [0.15, 0.2) is 0 Å². The summed E-state index contributed by atoms with van der Waals surface area (Å²) in [5.41, 5.74) is 0. The molecule has 0 bridgehead atoms.